The number of carbonyl (C=O) groups excluding carboxylic acids is 1. The molecule has 1 aromatic carbocycles. The van der Waals surface area contributed by atoms with Gasteiger partial charge >= 0.3 is 0 Å². The first-order valence-corrected chi connectivity index (χ1v) is 7.32. The Morgan fingerprint density at radius 1 is 1.42 bits per heavy atom. The lowest BCUT2D eigenvalue weighted by atomic mass is 10.3. The van der Waals surface area contributed by atoms with E-state index in [1.807, 2.05) is 19.1 Å². The molecule has 0 aliphatic carbocycles. The molecule has 1 N–H and O–H groups in total. The number of hydrogen-bond acceptors (Lipinski definition) is 2. The molecule has 0 bridgehead atoms. The fourth-order valence-electron chi connectivity index (χ4n) is 1.50. The summed E-state index contributed by atoms with van der Waals surface area (Å²) in [4.78, 5) is 12.1. The van der Waals surface area contributed by atoms with Gasteiger partial charge in [0.15, 0.2) is 5.69 Å². The summed E-state index contributed by atoms with van der Waals surface area (Å²) in [7, 11) is 1.74. The Morgan fingerprint density at radius 3 is 2.63 bits per heavy atom. The SMILES string of the molecule is Cc1c(Cl)c(C(=O)Nc2ccc(Br)cc2Br)nn1C. The van der Waals surface area contributed by atoms with Gasteiger partial charge < -0.3 is 5.32 Å². The van der Waals surface area contributed by atoms with Gasteiger partial charge in [-0.1, -0.05) is 27.5 Å². The van der Waals surface area contributed by atoms with Crippen molar-refractivity contribution in [2.24, 2.45) is 7.05 Å². The summed E-state index contributed by atoms with van der Waals surface area (Å²) in [5.41, 5.74) is 1.63. The van der Waals surface area contributed by atoms with Gasteiger partial charge in [-0.3, -0.25) is 9.48 Å². The second kappa shape index (κ2) is 5.64. The summed E-state index contributed by atoms with van der Waals surface area (Å²) in [6.07, 6.45) is 0. The Kier molecular flexibility index (Phi) is 4.32. The summed E-state index contributed by atoms with van der Waals surface area (Å²) in [5.74, 6) is -0.336. The molecule has 2 aromatic rings. The number of nitrogens with one attached hydrogen (secondary N) is 1. The van der Waals surface area contributed by atoms with Crippen LogP contribution in [0.5, 0.6) is 0 Å². The quantitative estimate of drug-likeness (QED) is 0.813. The molecule has 0 spiro atoms. The van der Waals surface area contributed by atoms with Crippen LogP contribution in [0.2, 0.25) is 5.02 Å². The zero-order chi connectivity index (χ0) is 14.2. The number of nitrogens with zero attached hydrogens (tertiary/aromatic N) is 2. The Hall–Kier alpha value is -0.850. The molecule has 7 heteroatoms. The molecular weight excluding hydrogens is 397 g/mol. The molecule has 1 heterocycles. The summed E-state index contributed by atoms with van der Waals surface area (Å²) >= 11 is 12.8. The average Bonchev–Trinajstić information content (AvgIpc) is 2.60. The van der Waals surface area contributed by atoms with E-state index in [4.69, 9.17) is 11.6 Å². The van der Waals surface area contributed by atoms with Gasteiger partial charge in [0.1, 0.15) is 0 Å². The number of benzene rings is 1. The number of amides is 1. The molecule has 0 saturated heterocycles. The summed E-state index contributed by atoms with van der Waals surface area (Å²) < 4.78 is 3.27. The molecule has 19 heavy (non-hydrogen) atoms. The second-order valence-corrected chi connectivity index (χ2v) is 6.10. The molecule has 0 saturated carbocycles. The number of carbonyl (C=O) groups is 1. The first kappa shape index (κ1) is 14.6. The van der Waals surface area contributed by atoms with Crippen molar-refractivity contribution >= 4 is 55.1 Å². The minimum atomic E-state index is -0.336. The normalized spacial score (nSPS) is 10.6. The molecule has 2 rings (SSSR count). The van der Waals surface area contributed by atoms with Crippen LogP contribution in [0, 0.1) is 6.92 Å². The molecule has 0 radical (unpaired) electrons. The lowest BCUT2D eigenvalue weighted by Gasteiger charge is -2.06. The van der Waals surface area contributed by atoms with Crippen LogP contribution in [0.3, 0.4) is 0 Å². The van der Waals surface area contributed by atoms with Gasteiger partial charge in [0.25, 0.3) is 5.91 Å². The van der Waals surface area contributed by atoms with Crippen molar-refractivity contribution in [1.29, 1.82) is 0 Å². The molecule has 100 valence electrons. The third-order valence-electron chi connectivity index (χ3n) is 2.66. The van der Waals surface area contributed by atoms with E-state index in [2.05, 4.69) is 42.3 Å². The van der Waals surface area contributed by atoms with Crippen molar-refractivity contribution in [2.75, 3.05) is 5.32 Å². The molecule has 4 nitrogen and oxygen atoms in total. The molecule has 1 amide bonds. The average molecular weight is 407 g/mol. The zero-order valence-corrected chi connectivity index (χ0v) is 14.1. The van der Waals surface area contributed by atoms with E-state index in [1.165, 1.54) is 0 Å². The predicted octanol–water partition coefficient (Wildman–Crippen LogP) is 4.16. The largest absolute Gasteiger partial charge is 0.319 e. The van der Waals surface area contributed by atoms with Crippen molar-refractivity contribution in [3.05, 3.63) is 43.6 Å². The molecule has 0 unspecified atom stereocenters. The predicted molar refractivity (Wildman–Crippen MR) is 82.8 cm³/mol. The summed E-state index contributed by atoms with van der Waals surface area (Å²) in [6, 6.07) is 5.47. The first-order valence-electron chi connectivity index (χ1n) is 5.35. The number of rotatable bonds is 2. The highest BCUT2D eigenvalue weighted by atomic mass is 79.9. The minimum absolute atomic E-state index is 0.219. The number of aryl methyl sites for hydroxylation is 1. The fourth-order valence-corrected chi connectivity index (χ4v) is 2.89. The van der Waals surface area contributed by atoms with Crippen LogP contribution in [0.15, 0.2) is 27.1 Å². The van der Waals surface area contributed by atoms with Crippen molar-refractivity contribution in [2.45, 2.75) is 6.92 Å². The van der Waals surface area contributed by atoms with Gasteiger partial charge in [-0.15, -0.1) is 0 Å². The van der Waals surface area contributed by atoms with Gasteiger partial charge in [-0.25, -0.2) is 0 Å². The topological polar surface area (TPSA) is 46.9 Å². The summed E-state index contributed by atoms with van der Waals surface area (Å²) in [6.45, 7) is 1.81. The van der Waals surface area contributed by atoms with Crippen LogP contribution in [0.4, 0.5) is 5.69 Å². The van der Waals surface area contributed by atoms with Crippen LogP contribution >= 0.6 is 43.5 Å². The smallest absolute Gasteiger partial charge is 0.277 e. The van der Waals surface area contributed by atoms with Gasteiger partial charge in [-0.2, -0.15) is 5.10 Å². The van der Waals surface area contributed by atoms with Crippen molar-refractivity contribution in [3.63, 3.8) is 0 Å². The van der Waals surface area contributed by atoms with Crippen LogP contribution in [-0.4, -0.2) is 15.7 Å². The second-order valence-electron chi connectivity index (χ2n) is 3.95. The van der Waals surface area contributed by atoms with E-state index >= 15 is 0 Å². The van der Waals surface area contributed by atoms with Crippen molar-refractivity contribution in [1.82, 2.24) is 9.78 Å². The zero-order valence-electron chi connectivity index (χ0n) is 10.2. The van der Waals surface area contributed by atoms with E-state index in [1.54, 1.807) is 17.8 Å². The van der Waals surface area contributed by atoms with Gasteiger partial charge in [-0.05, 0) is 41.1 Å². The van der Waals surface area contributed by atoms with Crippen LogP contribution in [0.1, 0.15) is 16.2 Å². The van der Waals surface area contributed by atoms with E-state index in [0.29, 0.717) is 10.7 Å². The lowest BCUT2D eigenvalue weighted by Crippen LogP contribution is -2.13. The van der Waals surface area contributed by atoms with Crippen LogP contribution in [0.25, 0.3) is 0 Å². The minimum Gasteiger partial charge on any atom is -0.319 e. The Morgan fingerprint density at radius 2 is 2.11 bits per heavy atom. The van der Waals surface area contributed by atoms with Crippen molar-refractivity contribution < 1.29 is 4.79 Å². The standard InChI is InChI=1S/C12H10Br2ClN3O/c1-6-10(15)11(17-18(6)2)12(19)16-9-4-3-7(13)5-8(9)14/h3-5H,1-2H3,(H,16,19). The molecule has 0 aliphatic rings. The monoisotopic (exact) mass is 405 g/mol. The maximum Gasteiger partial charge on any atom is 0.277 e. The number of hydrogen-bond donors (Lipinski definition) is 1. The van der Waals surface area contributed by atoms with Crippen LogP contribution < -0.4 is 5.32 Å². The van der Waals surface area contributed by atoms with Crippen LogP contribution in [-0.2, 0) is 7.05 Å². The third-order valence-corrected chi connectivity index (χ3v) is 4.26. The van der Waals surface area contributed by atoms with E-state index < -0.39 is 0 Å². The van der Waals surface area contributed by atoms with E-state index in [9.17, 15) is 4.79 Å². The Bertz CT molecular complexity index is 655. The molecule has 0 atom stereocenters. The van der Waals surface area contributed by atoms with Gasteiger partial charge in [0.2, 0.25) is 0 Å². The van der Waals surface area contributed by atoms with Gasteiger partial charge in [0.05, 0.1) is 16.4 Å². The molecule has 0 fully saturated rings. The molecular formula is C12H10Br2ClN3O. The number of aromatic nitrogens is 2. The lowest BCUT2D eigenvalue weighted by molar-refractivity contribution is 0.102. The summed E-state index contributed by atoms with van der Waals surface area (Å²) in [5, 5.41) is 7.24. The number of anilines is 1. The first-order chi connectivity index (χ1) is 8.90. The maximum atomic E-state index is 12.1. The fraction of sp³-hybridized carbons (Fsp3) is 0.167. The maximum absolute atomic E-state index is 12.1. The molecule has 0 aliphatic heterocycles. The number of halogens is 3. The Labute approximate surface area is 132 Å². The van der Waals surface area contributed by atoms with E-state index in [-0.39, 0.29) is 11.6 Å². The van der Waals surface area contributed by atoms with Gasteiger partial charge in [0, 0.05) is 16.0 Å². The third kappa shape index (κ3) is 3.01. The highest BCUT2D eigenvalue weighted by molar-refractivity contribution is 9.11. The molecule has 1 aromatic heterocycles. The highest BCUT2D eigenvalue weighted by Crippen LogP contribution is 2.27. The Balaban J connectivity index is 2.28. The van der Waals surface area contributed by atoms with Crippen molar-refractivity contribution in [3.8, 4) is 0 Å². The van der Waals surface area contributed by atoms with E-state index in [0.717, 1.165) is 14.6 Å². The highest BCUT2D eigenvalue weighted by Gasteiger charge is 2.18.